The van der Waals surface area contributed by atoms with Gasteiger partial charge in [-0.25, -0.2) is 14.6 Å². The number of carboxylic acids is 1. The average Bonchev–Trinajstić information content (AvgIpc) is 3.04. The Morgan fingerprint density at radius 1 is 1.52 bits per heavy atom. The smallest absolute Gasteiger partial charge is 0.355 e. The second kappa shape index (κ2) is 6.53. The largest absolute Gasteiger partial charge is 0.476 e. The third kappa shape index (κ3) is 4.15. The zero-order valence-corrected chi connectivity index (χ0v) is 12.3. The van der Waals surface area contributed by atoms with Gasteiger partial charge >= 0.3 is 12.0 Å². The van der Waals surface area contributed by atoms with Crippen molar-refractivity contribution in [1.29, 1.82) is 0 Å². The predicted molar refractivity (Wildman–Crippen MR) is 75.1 cm³/mol. The van der Waals surface area contributed by atoms with Crippen molar-refractivity contribution >= 4 is 29.2 Å². The van der Waals surface area contributed by atoms with E-state index in [-0.39, 0.29) is 30.2 Å². The quantitative estimate of drug-likeness (QED) is 0.738. The minimum absolute atomic E-state index is 0.00766. The van der Waals surface area contributed by atoms with E-state index in [1.807, 2.05) is 0 Å². The molecule has 1 aromatic heterocycles. The molecule has 1 fully saturated rings. The van der Waals surface area contributed by atoms with E-state index in [1.165, 1.54) is 23.6 Å². The SMILES string of the molecule is CC(=O)NC1CCN(C(=O)NCc2nc(C(=O)O)cs2)C1. The number of carboxylic acid groups (broad SMARTS) is 1. The molecule has 0 saturated carbocycles. The van der Waals surface area contributed by atoms with Crippen molar-refractivity contribution in [3.8, 4) is 0 Å². The molecule has 8 nitrogen and oxygen atoms in total. The van der Waals surface area contributed by atoms with Crippen LogP contribution in [0.4, 0.5) is 4.79 Å². The van der Waals surface area contributed by atoms with Crippen LogP contribution in [0.1, 0.15) is 28.8 Å². The number of urea groups is 1. The number of hydrogen-bond donors (Lipinski definition) is 3. The minimum atomic E-state index is -1.08. The first kappa shape index (κ1) is 15.2. The highest BCUT2D eigenvalue weighted by Crippen LogP contribution is 2.11. The molecule has 3 N–H and O–H groups in total. The summed E-state index contributed by atoms with van der Waals surface area (Å²) < 4.78 is 0. The lowest BCUT2D eigenvalue weighted by Gasteiger charge is -2.17. The van der Waals surface area contributed by atoms with Gasteiger partial charge in [0.15, 0.2) is 5.69 Å². The molecule has 0 aliphatic carbocycles. The summed E-state index contributed by atoms with van der Waals surface area (Å²) >= 11 is 1.19. The summed E-state index contributed by atoms with van der Waals surface area (Å²) in [6.45, 7) is 2.70. The second-order valence-electron chi connectivity index (χ2n) is 4.72. The fourth-order valence-electron chi connectivity index (χ4n) is 2.10. The van der Waals surface area contributed by atoms with Crippen molar-refractivity contribution in [2.24, 2.45) is 0 Å². The zero-order chi connectivity index (χ0) is 15.4. The summed E-state index contributed by atoms with van der Waals surface area (Å²) in [5.41, 5.74) is -0.0175. The lowest BCUT2D eigenvalue weighted by molar-refractivity contribution is -0.119. The molecule has 114 valence electrons. The number of likely N-dealkylation sites (tertiary alicyclic amines) is 1. The summed E-state index contributed by atoms with van der Waals surface area (Å²) in [6.07, 6.45) is 0.730. The molecule has 1 aliphatic heterocycles. The lowest BCUT2D eigenvalue weighted by atomic mass is 10.3. The Hall–Kier alpha value is -2.16. The molecule has 0 spiro atoms. The molecule has 9 heteroatoms. The number of aromatic nitrogens is 1. The van der Waals surface area contributed by atoms with Crippen LogP contribution in [0.25, 0.3) is 0 Å². The molecule has 2 heterocycles. The van der Waals surface area contributed by atoms with Crippen LogP contribution in [0.2, 0.25) is 0 Å². The van der Waals surface area contributed by atoms with E-state index in [2.05, 4.69) is 15.6 Å². The number of thiazole rings is 1. The van der Waals surface area contributed by atoms with Crippen LogP contribution < -0.4 is 10.6 Å². The van der Waals surface area contributed by atoms with Crippen LogP contribution in [0.5, 0.6) is 0 Å². The Morgan fingerprint density at radius 3 is 2.90 bits per heavy atom. The van der Waals surface area contributed by atoms with E-state index < -0.39 is 5.97 Å². The second-order valence-corrected chi connectivity index (χ2v) is 5.67. The van der Waals surface area contributed by atoms with E-state index in [4.69, 9.17) is 5.11 Å². The van der Waals surface area contributed by atoms with Crippen molar-refractivity contribution in [2.45, 2.75) is 25.9 Å². The molecule has 1 saturated heterocycles. The first-order chi connectivity index (χ1) is 9.95. The van der Waals surface area contributed by atoms with Crippen LogP contribution in [0.3, 0.4) is 0 Å². The molecule has 1 aromatic rings. The summed E-state index contributed by atoms with van der Waals surface area (Å²) in [4.78, 5) is 39.1. The van der Waals surface area contributed by atoms with Crippen molar-refractivity contribution < 1.29 is 19.5 Å². The van der Waals surface area contributed by atoms with Gasteiger partial charge in [-0.3, -0.25) is 4.79 Å². The number of carbonyl (C=O) groups excluding carboxylic acids is 2. The number of nitrogens with one attached hydrogen (secondary N) is 2. The molecule has 3 amide bonds. The third-order valence-corrected chi connectivity index (χ3v) is 3.89. The monoisotopic (exact) mass is 312 g/mol. The van der Waals surface area contributed by atoms with Crippen molar-refractivity contribution in [3.05, 3.63) is 16.1 Å². The van der Waals surface area contributed by atoms with E-state index >= 15 is 0 Å². The van der Waals surface area contributed by atoms with Gasteiger partial charge in [0, 0.05) is 31.4 Å². The van der Waals surface area contributed by atoms with Gasteiger partial charge in [0.2, 0.25) is 5.91 Å². The van der Waals surface area contributed by atoms with Crippen LogP contribution in [0, 0.1) is 0 Å². The van der Waals surface area contributed by atoms with Gasteiger partial charge in [-0.05, 0) is 6.42 Å². The van der Waals surface area contributed by atoms with Crippen molar-refractivity contribution in [3.63, 3.8) is 0 Å². The van der Waals surface area contributed by atoms with Gasteiger partial charge in [0.1, 0.15) is 5.01 Å². The first-order valence-electron chi connectivity index (χ1n) is 6.43. The number of aromatic carboxylic acids is 1. The zero-order valence-electron chi connectivity index (χ0n) is 11.5. The minimum Gasteiger partial charge on any atom is -0.476 e. The van der Waals surface area contributed by atoms with Gasteiger partial charge < -0.3 is 20.6 Å². The topological polar surface area (TPSA) is 112 Å². The molecule has 1 aliphatic rings. The Morgan fingerprint density at radius 2 is 2.29 bits per heavy atom. The molecule has 1 atom stereocenters. The highest BCUT2D eigenvalue weighted by Gasteiger charge is 2.26. The fraction of sp³-hybridized carbons (Fsp3) is 0.500. The Bertz CT molecular complexity index is 559. The molecule has 1 unspecified atom stereocenters. The van der Waals surface area contributed by atoms with Crippen LogP contribution in [0.15, 0.2) is 5.38 Å². The van der Waals surface area contributed by atoms with Crippen LogP contribution in [-0.2, 0) is 11.3 Å². The summed E-state index contributed by atoms with van der Waals surface area (Å²) in [5, 5.41) is 16.2. The number of nitrogens with zero attached hydrogens (tertiary/aromatic N) is 2. The number of hydrogen-bond acceptors (Lipinski definition) is 5. The van der Waals surface area contributed by atoms with E-state index in [9.17, 15) is 14.4 Å². The number of carbonyl (C=O) groups is 3. The Balaban J connectivity index is 1.79. The van der Waals surface area contributed by atoms with Crippen molar-refractivity contribution in [1.82, 2.24) is 20.5 Å². The van der Waals surface area contributed by atoms with Gasteiger partial charge in [0.05, 0.1) is 6.54 Å². The number of rotatable bonds is 4. The van der Waals surface area contributed by atoms with E-state index in [1.54, 1.807) is 4.90 Å². The highest BCUT2D eigenvalue weighted by atomic mass is 32.1. The van der Waals surface area contributed by atoms with Gasteiger partial charge in [0.25, 0.3) is 0 Å². The molecular weight excluding hydrogens is 296 g/mol. The number of amides is 3. The molecule has 0 radical (unpaired) electrons. The molecule has 21 heavy (non-hydrogen) atoms. The maximum atomic E-state index is 12.0. The summed E-state index contributed by atoms with van der Waals surface area (Å²) in [7, 11) is 0. The van der Waals surface area contributed by atoms with E-state index in [0.717, 1.165) is 6.42 Å². The van der Waals surface area contributed by atoms with Gasteiger partial charge in [-0.2, -0.15) is 0 Å². The Labute approximate surface area is 125 Å². The fourth-order valence-corrected chi connectivity index (χ4v) is 2.81. The third-order valence-electron chi connectivity index (χ3n) is 3.04. The maximum absolute atomic E-state index is 12.0. The standard InChI is InChI=1S/C12H16N4O4S/c1-7(17)14-8-2-3-16(5-8)12(20)13-4-10-15-9(6-21-10)11(18)19/h6,8H,2-5H2,1H3,(H,13,20)(H,14,17)(H,18,19). The highest BCUT2D eigenvalue weighted by molar-refractivity contribution is 7.09. The molecule has 0 aromatic carbocycles. The van der Waals surface area contributed by atoms with Crippen LogP contribution >= 0.6 is 11.3 Å². The molecular formula is C12H16N4O4S. The first-order valence-corrected chi connectivity index (χ1v) is 7.31. The lowest BCUT2D eigenvalue weighted by Crippen LogP contribution is -2.41. The van der Waals surface area contributed by atoms with Gasteiger partial charge in [-0.15, -0.1) is 11.3 Å². The molecule has 2 rings (SSSR count). The summed E-state index contributed by atoms with van der Waals surface area (Å²) in [6, 6.07) is -0.248. The Kier molecular flexibility index (Phi) is 4.73. The van der Waals surface area contributed by atoms with Gasteiger partial charge in [-0.1, -0.05) is 0 Å². The van der Waals surface area contributed by atoms with E-state index in [0.29, 0.717) is 18.1 Å². The average molecular weight is 312 g/mol. The normalized spacial score (nSPS) is 17.6. The molecule has 0 bridgehead atoms. The summed E-state index contributed by atoms with van der Waals surface area (Å²) in [5.74, 6) is -1.19. The predicted octanol–water partition coefficient (Wildman–Crippen LogP) is 0.261. The van der Waals surface area contributed by atoms with Crippen molar-refractivity contribution in [2.75, 3.05) is 13.1 Å². The van der Waals surface area contributed by atoms with Crippen LogP contribution in [-0.4, -0.2) is 52.0 Å². The maximum Gasteiger partial charge on any atom is 0.355 e.